The summed E-state index contributed by atoms with van der Waals surface area (Å²) in [5, 5.41) is 2.75. The van der Waals surface area contributed by atoms with Crippen LogP contribution in [0.1, 0.15) is 39.5 Å². The molecule has 5 nitrogen and oxygen atoms in total. The van der Waals surface area contributed by atoms with E-state index in [1.165, 1.54) is 6.39 Å². The van der Waals surface area contributed by atoms with E-state index in [4.69, 9.17) is 9.15 Å². The van der Waals surface area contributed by atoms with Gasteiger partial charge in [-0.1, -0.05) is 30.3 Å². The number of carbonyl (C=O) groups excluding carboxylic acids is 1. The molecular weight excluding hydrogens is 268 g/mol. The number of nitrogens with one attached hydrogen (secondary N) is 1. The number of benzene rings is 1. The highest BCUT2D eigenvalue weighted by Crippen LogP contribution is 2.26. The molecule has 1 aromatic heterocycles. The van der Waals surface area contributed by atoms with E-state index < -0.39 is 11.7 Å². The lowest BCUT2D eigenvalue weighted by Crippen LogP contribution is -2.34. The lowest BCUT2D eigenvalue weighted by Gasteiger charge is -2.21. The molecule has 0 aliphatic carbocycles. The third-order valence-corrected chi connectivity index (χ3v) is 2.77. The number of oxazole rings is 1. The van der Waals surface area contributed by atoms with E-state index >= 15 is 0 Å². The van der Waals surface area contributed by atoms with Crippen LogP contribution in [0.5, 0.6) is 0 Å². The highest BCUT2D eigenvalue weighted by atomic mass is 16.6. The van der Waals surface area contributed by atoms with Crippen LogP contribution in [-0.4, -0.2) is 16.7 Å². The molecule has 0 unspecified atom stereocenters. The first-order chi connectivity index (χ1) is 9.87. The van der Waals surface area contributed by atoms with Gasteiger partial charge in [0, 0.05) is 5.56 Å². The fraction of sp³-hybridized carbons (Fsp3) is 0.375. The van der Waals surface area contributed by atoms with Gasteiger partial charge in [-0.15, -0.1) is 0 Å². The van der Waals surface area contributed by atoms with Gasteiger partial charge in [0.05, 0.1) is 6.04 Å². The van der Waals surface area contributed by atoms with Crippen molar-refractivity contribution in [1.29, 1.82) is 0 Å². The van der Waals surface area contributed by atoms with E-state index in [0.717, 1.165) is 11.3 Å². The van der Waals surface area contributed by atoms with Crippen molar-refractivity contribution in [1.82, 2.24) is 10.3 Å². The Hall–Kier alpha value is -2.30. The zero-order chi connectivity index (χ0) is 15.5. The fourth-order valence-corrected chi connectivity index (χ4v) is 1.93. The summed E-state index contributed by atoms with van der Waals surface area (Å²) in [4.78, 5) is 16.0. The average Bonchev–Trinajstić information content (AvgIpc) is 2.86. The van der Waals surface area contributed by atoms with Crippen LogP contribution >= 0.6 is 0 Å². The Morgan fingerprint density at radius 3 is 2.57 bits per heavy atom. The van der Waals surface area contributed by atoms with Gasteiger partial charge in [0.2, 0.25) is 0 Å². The smallest absolute Gasteiger partial charge is 0.408 e. The maximum absolute atomic E-state index is 11.8. The van der Waals surface area contributed by atoms with Crippen molar-refractivity contribution in [3.8, 4) is 11.3 Å². The molecule has 1 heterocycles. The molecule has 0 saturated carbocycles. The molecule has 0 fully saturated rings. The summed E-state index contributed by atoms with van der Waals surface area (Å²) in [5.74, 6) is 0.604. The largest absolute Gasteiger partial charge is 0.446 e. The number of amides is 1. The van der Waals surface area contributed by atoms with Crippen molar-refractivity contribution in [3.63, 3.8) is 0 Å². The Balaban J connectivity index is 2.13. The summed E-state index contributed by atoms with van der Waals surface area (Å²) in [7, 11) is 0. The summed E-state index contributed by atoms with van der Waals surface area (Å²) in [6.07, 6.45) is 0.899. The minimum Gasteiger partial charge on any atom is -0.446 e. The first kappa shape index (κ1) is 15.1. The van der Waals surface area contributed by atoms with Crippen molar-refractivity contribution >= 4 is 6.09 Å². The lowest BCUT2D eigenvalue weighted by atomic mass is 10.1. The zero-order valence-corrected chi connectivity index (χ0v) is 12.7. The second-order valence-electron chi connectivity index (χ2n) is 5.80. The normalized spacial score (nSPS) is 12.8. The molecule has 2 aromatic rings. The van der Waals surface area contributed by atoms with Crippen molar-refractivity contribution < 1.29 is 13.9 Å². The van der Waals surface area contributed by atoms with Crippen LogP contribution in [0.25, 0.3) is 11.3 Å². The number of alkyl carbamates (subject to hydrolysis) is 1. The zero-order valence-electron chi connectivity index (χ0n) is 12.7. The quantitative estimate of drug-likeness (QED) is 0.929. The number of nitrogens with zero attached hydrogens (tertiary/aromatic N) is 1. The molecule has 0 aliphatic rings. The van der Waals surface area contributed by atoms with E-state index in [2.05, 4.69) is 10.3 Å². The van der Waals surface area contributed by atoms with Crippen LogP contribution in [0.3, 0.4) is 0 Å². The maximum atomic E-state index is 11.8. The molecule has 21 heavy (non-hydrogen) atoms. The molecule has 0 aliphatic heterocycles. The third kappa shape index (κ3) is 4.08. The van der Waals surface area contributed by atoms with Crippen LogP contribution < -0.4 is 5.32 Å². The molecule has 0 bridgehead atoms. The first-order valence-electron chi connectivity index (χ1n) is 6.85. The topological polar surface area (TPSA) is 64.4 Å². The molecule has 2 rings (SSSR count). The lowest BCUT2D eigenvalue weighted by molar-refractivity contribution is 0.0502. The monoisotopic (exact) mass is 288 g/mol. The van der Waals surface area contributed by atoms with Crippen LogP contribution in [0.15, 0.2) is 41.1 Å². The molecule has 1 N–H and O–H groups in total. The number of aromatic nitrogens is 1. The van der Waals surface area contributed by atoms with E-state index in [9.17, 15) is 4.79 Å². The molecule has 0 radical (unpaired) electrons. The Labute approximate surface area is 124 Å². The fourth-order valence-electron chi connectivity index (χ4n) is 1.93. The predicted octanol–water partition coefficient (Wildman–Crippen LogP) is 3.93. The molecular formula is C16H20N2O3. The highest BCUT2D eigenvalue weighted by molar-refractivity contribution is 5.69. The number of hydrogen-bond donors (Lipinski definition) is 1. The van der Waals surface area contributed by atoms with Crippen LogP contribution in [0, 0.1) is 0 Å². The molecule has 1 amide bonds. The minimum atomic E-state index is -0.534. The van der Waals surface area contributed by atoms with Crippen molar-refractivity contribution in [3.05, 3.63) is 42.5 Å². The van der Waals surface area contributed by atoms with Crippen molar-refractivity contribution in [2.45, 2.75) is 39.3 Å². The standard InChI is InChI=1S/C16H20N2O3/c1-11(18-15(19)21-16(2,3)4)14-13(17-10-20-14)12-8-6-5-7-9-12/h5-11H,1-4H3,(H,18,19)/t11-/m0/s1. The Bertz CT molecular complexity index is 599. The second-order valence-corrected chi connectivity index (χ2v) is 5.80. The number of rotatable bonds is 3. The van der Waals surface area contributed by atoms with Crippen molar-refractivity contribution in [2.24, 2.45) is 0 Å². The summed E-state index contributed by atoms with van der Waals surface area (Å²) in [5.41, 5.74) is 1.13. The second kappa shape index (κ2) is 5.99. The van der Waals surface area contributed by atoms with Gasteiger partial charge in [0.25, 0.3) is 0 Å². The summed E-state index contributed by atoms with van der Waals surface area (Å²) < 4.78 is 10.7. The van der Waals surface area contributed by atoms with Gasteiger partial charge in [-0.2, -0.15) is 0 Å². The average molecular weight is 288 g/mol. The number of ether oxygens (including phenoxy) is 1. The minimum absolute atomic E-state index is 0.336. The van der Waals surface area contributed by atoms with Gasteiger partial charge in [0.15, 0.2) is 12.2 Å². The Morgan fingerprint density at radius 1 is 1.29 bits per heavy atom. The van der Waals surface area contributed by atoms with Gasteiger partial charge in [-0.3, -0.25) is 0 Å². The number of hydrogen-bond acceptors (Lipinski definition) is 4. The van der Waals surface area contributed by atoms with Crippen molar-refractivity contribution in [2.75, 3.05) is 0 Å². The summed E-state index contributed by atoms with van der Waals surface area (Å²) in [6.45, 7) is 7.29. The number of carbonyl (C=O) groups is 1. The molecule has 0 saturated heterocycles. The van der Waals surface area contributed by atoms with Gasteiger partial charge >= 0.3 is 6.09 Å². The molecule has 5 heteroatoms. The molecule has 1 atom stereocenters. The van der Waals surface area contributed by atoms with Crippen LogP contribution in [-0.2, 0) is 4.74 Å². The van der Waals surface area contributed by atoms with Gasteiger partial charge < -0.3 is 14.5 Å². The SMILES string of the molecule is C[C@H](NC(=O)OC(C)(C)C)c1ocnc1-c1ccccc1. The van der Waals surface area contributed by atoms with E-state index in [-0.39, 0.29) is 6.04 Å². The summed E-state index contributed by atoms with van der Waals surface area (Å²) >= 11 is 0. The summed E-state index contributed by atoms with van der Waals surface area (Å²) in [6, 6.07) is 9.35. The third-order valence-electron chi connectivity index (χ3n) is 2.77. The van der Waals surface area contributed by atoms with Crippen LogP contribution in [0.4, 0.5) is 4.79 Å². The van der Waals surface area contributed by atoms with E-state index in [1.54, 1.807) is 0 Å². The maximum Gasteiger partial charge on any atom is 0.408 e. The first-order valence-corrected chi connectivity index (χ1v) is 6.85. The van der Waals surface area contributed by atoms with Gasteiger partial charge in [0.1, 0.15) is 11.3 Å². The Morgan fingerprint density at radius 2 is 1.95 bits per heavy atom. The van der Waals surface area contributed by atoms with E-state index in [0.29, 0.717) is 5.76 Å². The van der Waals surface area contributed by atoms with Gasteiger partial charge in [-0.05, 0) is 27.7 Å². The highest BCUT2D eigenvalue weighted by Gasteiger charge is 2.22. The predicted molar refractivity (Wildman–Crippen MR) is 79.7 cm³/mol. The Kier molecular flexibility index (Phi) is 4.31. The molecule has 112 valence electrons. The van der Waals surface area contributed by atoms with Crippen LogP contribution in [0.2, 0.25) is 0 Å². The van der Waals surface area contributed by atoms with E-state index in [1.807, 2.05) is 58.0 Å². The molecule has 1 aromatic carbocycles. The molecule has 0 spiro atoms. The van der Waals surface area contributed by atoms with Gasteiger partial charge in [-0.25, -0.2) is 9.78 Å².